The van der Waals surface area contributed by atoms with Crippen LogP contribution in [0.2, 0.25) is 0 Å². The van der Waals surface area contributed by atoms with E-state index in [1.165, 1.54) is 0 Å². The molecule has 0 aliphatic carbocycles. The first-order chi connectivity index (χ1) is 8.36. The molecule has 0 atom stereocenters. The Hall–Kier alpha value is -1.40. The van der Waals surface area contributed by atoms with E-state index < -0.39 is 10.0 Å². The normalized spacial score (nSPS) is 19.6. The molecule has 0 saturated carbocycles. The van der Waals surface area contributed by atoms with Crippen LogP contribution < -0.4 is 10.5 Å². The minimum absolute atomic E-state index is 0.285. The van der Waals surface area contributed by atoms with Crippen LogP contribution in [-0.4, -0.2) is 26.3 Å². The van der Waals surface area contributed by atoms with Gasteiger partial charge in [0.05, 0.1) is 10.4 Å². The van der Waals surface area contributed by atoms with E-state index >= 15 is 0 Å². The van der Waals surface area contributed by atoms with Crippen LogP contribution in [0.4, 0.5) is 0 Å². The molecule has 1 aromatic carbocycles. The highest BCUT2D eigenvalue weighted by Gasteiger charge is 2.31. The molecule has 0 bridgehead atoms. The van der Waals surface area contributed by atoms with Gasteiger partial charge in [-0.25, -0.2) is 8.42 Å². The van der Waals surface area contributed by atoms with Crippen LogP contribution in [0.1, 0.15) is 25.8 Å². The zero-order chi connectivity index (χ0) is 13.4. The molecular formula is C12H17N3O2S. The molecule has 5 nitrogen and oxygen atoms in total. The predicted octanol–water partition coefficient (Wildman–Crippen LogP) is 0.852. The number of amidine groups is 1. The van der Waals surface area contributed by atoms with Crippen molar-refractivity contribution >= 4 is 15.9 Å². The maximum absolute atomic E-state index is 11.9. The molecule has 0 aromatic heterocycles. The summed E-state index contributed by atoms with van der Waals surface area (Å²) in [6.07, 6.45) is 0.695. The van der Waals surface area contributed by atoms with Gasteiger partial charge in [-0.2, -0.15) is 0 Å². The third kappa shape index (κ3) is 2.39. The van der Waals surface area contributed by atoms with Crippen LogP contribution in [0.15, 0.2) is 34.2 Å². The average Bonchev–Trinajstić information content (AvgIpc) is 2.51. The van der Waals surface area contributed by atoms with E-state index in [1.807, 2.05) is 13.8 Å². The summed E-state index contributed by atoms with van der Waals surface area (Å²) in [5.74, 6) is 0.407. The van der Waals surface area contributed by atoms with Gasteiger partial charge in [0.15, 0.2) is 0 Å². The Morgan fingerprint density at radius 1 is 1.33 bits per heavy atom. The van der Waals surface area contributed by atoms with Gasteiger partial charge in [-0.3, -0.25) is 9.71 Å². The number of aliphatic imine (C=N–C) groups is 1. The molecule has 1 aliphatic rings. The fraction of sp³-hybridized carbons (Fsp3) is 0.417. The first kappa shape index (κ1) is 13.0. The monoisotopic (exact) mass is 267 g/mol. The van der Waals surface area contributed by atoms with Gasteiger partial charge in [0, 0.05) is 5.56 Å². The molecule has 1 aliphatic heterocycles. The number of fused-ring (bicyclic) bond motifs is 1. The lowest BCUT2D eigenvalue weighted by atomic mass is 10.0. The molecule has 0 amide bonds. The van der Waals surface area contributed by atoms with Gasteiger partial charge in [-0.15, -0.1) is 0 Å². The lowest BCUT2D eigenvalue weighted by Gasteiger charge is -2.19. The molecule has 0 spiro atoms. The summed E-state index contributed by atoms with van der Waals surface area (Å²) in [6.45, 7) is 4.38. The van der Waals surface area contributed by atoms with Crippen LogP contribution in [0.3, 0.4) is 0 Å². The molecular weight excluding hydrogens is 250 g/mol. The molecule has 1 aromatic rings. The first-order valence-corrected chi connectivity index (χ1v) is 7.26. The summed E-state index contributed by atoms with van der Waals surface area (Å²) in [5.41, 5.74) is 5.77. The molecule has 0 radical (unpaired) electrons. The third-order valence-electron chi connectivity index (χ3n) is 2.83. The molecule has 0 fully saturated rings. The average molecular weight is 267 g/mol. The lowest BCUT2D eigenvalue weighted by molar-refractivity contribution is 0.487. The minimum Gasteiger partial charge on any atom is -0.330 e. The fourth-order valence-corrected chi connectivity index (χ4v) is 3.16. The smallest absolute Gasteiger partial charge is 0.263 e. The fourth-order valence-electron chi connectivity index (χ4n) is 1.93. The number of rotatable bonds is 3. The van der Waals surface area contributed by atoms with Crippen LogP contribution in [0.5, 0.6) is 0 Å². The Morgan fingerprint density at radius 2 is 2.00 bits per heavy atom. The summed E-state index contributed by atoms with van der Waals surface area (Å²) >= 11 is 0. The van der Waals surface area contributed by atoms with Crippen molar-refractivity contribution < 1.29 is 8.42 Å². The summed E-state index contributed by atoms with van der Waals surface area (Å²) in [5, 5.41) is 0. The first-order valence-electron chi connectivity index (χ1n) is 5.78. The quantitative estimate of drug-likeness (QED) is 0.851. The van der Waals surface area contributed by atoms with Crippen LogP contribution >= 0.6 is 0 Å². The van der Waals surface area contributed by atoms with Gasteiger partial charge in [0.1, 0.15) is 5.84 Å². The van der Waals surface area contributed by atoms with Crippen LogP contribution in [-0.2, 0) is 10.0 Å². The summed E-state index contributed by atoms with van der Waals surface area (Å²) in [6, 6.07) is 6.83. The molecule has 98 valence electrons. The highest BCUT2D eigenvalue weighted by atomic mass is 32.2. The molecule has 18 heavy (non-hydrogen) atoms. The van der Waals surface area contributed by atoms with E-state index in [0.717, 1.165) is 0 Å². The Bertz CT molecular complexity index is 591. The summed E-state index contributed by atoms with van der Waals surface area (Å²) in [4.78, 5) is 4.77. The number of nitrogens with one attached hydrogen (secondary N) is 1. The topological polar surface area (TPSA) is 84.5 Å². The van der Waals surface area contributed by atoms with Gasteiger partial charge in [-0.1, -0.05) is 12.1 Å². The molecule has 1 heterocycles. The van der Waals surface area contributed by atoms with Gasteiger partial charge < -0.3 is 5.73 Å². The van der Waals surface area contributed by atoms with Crippen molar-refractivity contribution in [2.24, 2.45) is 10.7 Å². The molecule has 3 N–H and O–H groups in total. The molecule has 0 saturated heterocycles. The maximum atomic E-state index is 11.9. The van der Waals surface area contributed by atoms with Gasteiger partial charge in [-0.05, 0) is 38.9 Å². The Balaban J connectivity index is 2.48. The van der Waals surface area contributed by atoms with E-state index in [-0.39, 0.29) is 10.4 Å². The van der Waals surface area contributed by atoms with Crippen LogP contribution in [0, 0.1) is 0 Å². The summed E-state index contributed by atoms with van der Waals surface area (Å²) in [7, 11) is -3.45. The van der Waals surface area contributed by atoms with E-state index in [4.69, 9.17) is 5.73 Å². The number of nitrogens with two attached hydrogens (primary N) is 1. The van der Waals surface area contributed by atoms with Crippen molar-refractivity contribution in [2.75, 3.05) is 6.54 Å². The Labute approximate surface area is 107 Å². The SMILES string of the molecule is CC(C)(CCN)N=C1NS(=O)(=O)c2ccccc21. The van der Waals surface area contributed by atoms with E-state index in [0.29, 0.717) is 24.4 Å². The summed E-state index contributed by atoms with van der Waals surface area (Å²) < 4.78 is 26.3. The zero-order valence-electron chi connectivity index (χ0n) is 10.5. The number of nitrogens with zero attached hydrogens (tertiary/aromatic N) is 1. The van der Waals surface area contributed by atoms with E-state index in [9.17, 15) is 8.42 Å². The van der Waals surface area contributed by atoms with Gasteiger partial charge in [0.2, 0.25) is 0 Å². The second-order valence-electron chi connectivity index (χ2n) is 4.91. The van der Waals surface area contributed by atoms with E-state index in [2.05, 4.69) is 9.71 Å². The van der Waals surface area contributed by atoms with Crippen molar-refractivity contribution in [3.63, 3.8) is 0 Å². The third-order valence-corrected chi connectivity index (χ3v) is 4.23. The molecule has 2 rings (SSSR count). The second-order valence-corrected chi connectivity index (χ2v) is 6.56. The largest absolute Gasteiger partial charge is 0.330 e. The van der Waals surface area contributed by atoms with Crippen molar-refractivity contribution in [3.8, 4) is 0 Å². The maximum Gasteiger partial charge on any atom is 0.263 e. The molecule has 0 unspecified atom stereocenters. The van der Waals surface area contributed by atoms with Gasteiger partial charge in [0.25, 0.3) is 10.0 Å². The van der Waals surface area contributed by atoms with E-state index in [1.54, 1.807) is 24.3 Å². The van der Waals surface area contributed by atoms with Crippen LogP contribution in [0.25, 0.3) is 0 Å². The number of hydrogen-bond donors (Lipinski definition) is 2. The number of benzene rings is 1. The highest BCUT2D eigenvalue weighted by Crippen LogP contribution is 2.24. The number of hydrogen-bond acceptors (Lipinski definition) is 4. The lowest BCUT2D eigenvalue weighted by Crippen LogP contribution is -2.29. The van der Waals surface area contributed by atoms with Gasteiger partial charge >= 0.3 is 0 Å². The molecule has 6 heteroatoms. The minimum atomic E-state index is -3.45. The van der Waals surface area contributed by atoms with Crippen molar-refractivity contribution in [1.82, 2.24) is 4.72 Å². The Kier molecular flexibility index (Phi) is 3.16. The van der Waals surface area contributed by atoms with Crippen molar-refractivity contribution in [3.05, 3.63) is 29.8 Å². The van der Waals surface area contributed by atoms with Crippen molar-refractivity contribution in [1.29, 1.82) is 0 Å². The Morgan fingerprint density at radius 3 is 2.67 bits per heavy atom. The second kappa shape index (κ2) is 4.37. The van der Waals surface area contributed by atoms with Crippen molar-refractivity contribution in [2.45, 2.75) is 30.7 Å². The standard InChI is InChI=1S/C12H17N3O2S/c1-12(2,7-8-13)14-11-9-5-3-4-6-10(9)18(16,17)15-11/h3-6H,7-8,13H2,1-2H3,(H,14,15). The highest BCUT2D eigenvalue weighted by molar-refractivity contribution is 7.90. The predicted molar refractivity (Wildman–Crippen MR) is 71.1 cm³/mol. The zero-order valence-corrected chi connectivity index (χ0v) is 11.3. The number of sulfonamides is 1.